The number of H-pyrrole nitrogens is 1. The summed E-state index contributed by atoms with van der Waals surface area (Å²) in [5.41, 5.74) is 5.36. The minimum Gasteiger partial charge on any atom is -0.375 e. The lowest BCUT2D eigenvalue weighted by atomic mass is 9.90. The van der Waals surface area contributed by atoms with Crippen molar-refractivity contribution < 1.29 is 9.53 Å². The van der Waals surface area contributed by atoms with Crippen LogP contribution in [-0.2, 0) is 11.3 Å². The van der Waals surface area contributed by atoms with E-state index >= 15 is 0 Å². The van der Waals surface area contributed by atoms with Crippen molar-refractivity contribution in [3.63, 3.8) is 0 Å². The number of hydrogen-bond acceptors (Lipinski definition) is 5. The predicted molar refractivity (Wildman–Crippen MR) is 147 cm³/mol. The largest absolute Gasteiger partial charge is 0.375 e. The number of benzene rings is 2. The Bertz CT molecular complexity index is 1120. The fourth-order valence-electron chi connectivity index (χ4n) is 5.51. The Kier molecular flexibility index (Phi) is 8.66. The second-order valence-electron chi connectivity index (χ2n) is 10.5. The number of ether oxygens (including phenoxy) is 1. The zero-order valence-corrected chi connectivity index (χ0v) is 21.9. The average Bonchev–Trinajstić information content (AvgIpc) is 3.43. The van der Waals surface area contributed by atoms with E-state index in [-0.39, 0.29) is 11.9 Å². The predicted octanol–water partition coefficient (Wildman–Crippen LogP) is 4.30. The van der Waals surface area contributed by atoms with Gasteiger partial charge in [-0.2, -0.15) is 5.10 Å². The maximum atomic E-state index is 12.8. The molecule has 37 heavy (non-hydrogen) atoms. The van der Waals surface area contributed by atoms with Crippen molar-refractivity contribution in [1.29, 1.82) is 0 Å². The molecule has 1 atom stereocenters. The summed E-state index contributed by atoms with van der Waals surface area (Å²) < 4.78 is 5.93. The summed E-state index contributed by atoms with van der Waals surface area (Å²) in [6.07, 6.45) is 6.25. The number of carbonyl (C=O) groups excluding carboxylic acids is 1. The summed E-state index contributed by atoms with van der Waals surface area (Å²) in [4.78, 5) is 17.6. The number of piperidine rings is 2. The van der Waals surface area contributed by atoms with Gasteiger partial charge in [0.1, 0.15) is 0 Å². The third-order valence-electron chi connectivity index (χ3n) is 7.76. The Hall–Kier alpha value is -3.00. The number of aromatic nitrogens is 2. The van der Waals surface area contributed by atoms with Crippen molar-refractivity contribution in [2.75, 3.05) is 46.4 Å². The Balaban J connectivity index is 1.15. The maximum Gasteiger partial charge on any atom is 0.251 e. The summed E-state index contributed by atoms with van der Waals surface area (Å²) in [6, 6.07) is 18.6. The first kappa shape index (κ1) is 25.6. The van der Waals surface area contributed by atoms with E-state index in [0.29, 0.717) is 18.1 Å². The minimum atomic E-state index is 0.0194. The zero-order valence-electron chi connectivity index (χ0n) is 21.9. The highest BCUT2D eigenvalue weighted by Gasteiger charge is 2.25. The fraction of sp³-hybridized carbons (Fsp3) is 0.467. The molecule has 7 heteroatoms. The van der Waals surface area contributed by atoms with Gasteiger partial charge >= 0.3 is 0 Å². The van der Waals surface area contributed by atoms with E-state index < -0.39 is 0 Å². The van der Waals surface area contributed by atoms with Crippen LogP contribution in [0.25, 0.3) is 11.1 Å². The lowest BCUT2D eigenvalue weighted by Crippen LogP contribution is -2.43. The Morgan fingerprint density at radius 3 is 2.62 bits per heavy atom. The van der Waals surface area contributed by atoms with Crippen LogP contribution in [0.3, 0.4) is 0 Å². The van der Waals surface area contributed by atoms with Crippen molar-refractivity contribution in [2.24, 2.45) is 0 Å². The van der Waals surface area contributed by atoms with Gasteiger partial charge in [0.15, 0.2) is 0 Å². The smallest absolute Gasteiger partial charge is 0.251 e. The summed E-state index contributed by atoms with van der Waals surface area (Å²) in [6.45, 7) is 6.51. The van der Waals surface area contributed by atoms with Crippen LogP contribution in [0.1, 0.15) is 53.2 Å². The van der Waals surface area contributed by atoms with E-state index in [2.05, 4.69) is 68.8 Å². The molecule has 0 saturated carbocycles. The lowest BCUT2D eigenvalue weighted by molar-refractivity contribution is 0.0827. The van der Waals surface area contributed by atoms with Crippen LogP contribution in [-0.4, -0.2) is 78.3 Å². The second-order valence-corrected chi connectivity index (χ2v) is 10.5. The number of nitrogens with one attached hydrogen (secondary N) is 2. The van der Waals surface area contributed by atoms with E-state index in [1.807, 2.05) is 24.4 Å². The molecule has 196 valence electrons. The Morgan fingerprint density at radius 2 is 1.84 bits per heavy atom. The monoisotopic (exact) mass is 501 g/mol. The van der Waals surface area contributed by atoms with Crippen molar-refractivity contribution in [3.05, 3.63) is 77.6 Å². The number of carbonyl (C=O) groups is 1. The summed E-state index contributed by atoms with van der Waals surface area (Å²) in [7, 11) is 2.13. The highest BCUT2D eigenvalue weighted by molar-refractivity contribution is 5.94. The molecule has 7 nitrogen and oxygen atoms in total. The van der Waals surface area contributed by atoms with Crippen molar-refractivity contribution in [3.8, 4) is 11.1 Å². The highest BCUT2D eigenvalue weighted by atomic mass is 16.5. The molecule has 2 saturated heterocycles. The number of likely N-dealkylation sites (tertiary alicyclic amines) is 2. The van der Waals surface area contributed by atoms with Gasteiger partial charge in [-0.25, -0.2) is 0 Å². The van der Waals surface area contributed by atoms with Gasteiger partial charge in [0.25, 0.3) is 5.91 Å². The normalized spacial score (nSPS) is 19.6. The van der Waals surface area contributed by atoms with Crippen LogP contribution in [0.5, 0.6) is 0 Å². The van der Waals surface area contributed by atoms with Gasteiger partial charge in [0.2, 0.25) is 0 Å². The van der Waals surface area contributed by atoms with E-state index in [0.717, 1.165) is 76.1 Å². The molecule has 3 heterocycles. The molecule has 2 aliphatic rings. The molecule has 5 rings (SSSR count). The third-order valence-corrected chi connectivity index (χ3v) is 7.76. The molecule has 1 aromatic heterocycles. The first-order chi connectivity index (χ1) is 18.2. The van der Waals surface area contributed by atoms with Crippen LogP contribution < -0.4 is 5.32 Å². The van der Waals surface area contributed by atoms with Gasteiger partial charge < -0.3 is 19.9 Å². The number of rotatable bonds is 9. The van der Waals surface area contributed by atoms with E-state index in [4.69, 9.17) is 4.74 Å². The third kappa shape index (κ3) is 6.86. The van der Waals surface area contributed by atoms with Gasteiger partial charge in [-0.3, -0.25) is 9.89 Å². The first-order valence-electron chi connectivity index (χ1n) is 13.6. The quantitative estimate of drug-likeness (QED) is 0.428. The Labute approximate surface area is 220 Å². The molecule has 0 radical (unpaired) electrons. The molecule has 2 N–H and O–H groups in total. The molecule has 3 aromatic rings. The number of amides is 1. The molecule has 2 aromatic carbocycles. The van der Waals surface area contributed by atoms with Crippen molar-refractivity contribution >= 4 is 5.91 Å². The van der Waals surface area contributed by atoms with Gasteiger partial charge in [0, 0.05) is 41.9 Å². The van der Waals surface area contributed by atoms with E-state index in [1.54, 1.807) is 0 Å². The second kappa shape index (κ2) is 12.5. The van der Waals surface area contributed by atoms with Crippen LogP contribution in [0.15, 0.2) is 60.8 Å². The van der Waals surface area contributed by atoms with E-state index in [9.17, 15) is 4.79 Å². The minimum absolute atomic E-state index is 0.0194. The number of aromatic amines is 1. The molecular weight excluding hydrogens is 462 g/mol. The standard InChI is InChI=1S/C30H39N5O2/c1-34-16-13-27(14-17-34)32-30(36)25-11-9-24(10-12-25)28-20-31-33-29(28)26-8-5-15-35(21-26)18-19-37-22-23-6-3-2-4-7-23/h2-4,6-7,9-12,20,26-27H,5,8,13-19,21-22H2,1H3,(H,31,33)(H,32,36)/t26-/m1/s1. The molecule has 0 unspecified atom stereocenters. The number of nitrogens with zero attached hydrogens (tertiary/aromatic N) is 3. The molecule has 2 aliphatic heterocycles. The van der Waals surface area contributed by atoms with Crippen LogP contribution in [0.2, 0.25) is 0 Å². The summed E-state index contributed by atoms with van der Waals surface area (Å²) in [5, 5.41) is 10.9. The van der Waals surface area contributed by atoms with Crippen molar-refractivity contribution in [2.45, 2.75) is 44.2 Å². The van der Waals surface area contributed by atoms with Gasteiger partial charge in [-0.05, 0) is 75.6 Å². The SMILES string of the molecule is CN1CCC(NC(=O)c2ccc(-c3cn[nH]c3[C@@H]3CCCN(CCOCc4ccccc4)C3)cc2)CC1. The topological polar surface area (TPSA) is 73.5 Å². The maximum absolute atomic E-state index is 12.8. The lowest BCUT2D eigenvalue weighted by Gasteiger charge is -2.32. The molecule has 1 amide bonds. The summed E-state index contributed by atoms with van der Waals surface area (Å²) in [5.74, 6) is 0.429. The highest BCUT2D eigenvalue weighted by Crippen LogP contribution is 2.33. The molecule has 0 spiro atoms. The number of hydrogen-bond donors (Lipinski definition) is 2. The molecule has 0 aliphatic carbocycles. The molecular formula is C30H39N5O2. The van der Waals surface area contributed by atoms with Gasteiger partial charge in [0.05, 0.1) is 19.4 Å². The fourth-order valence-corrected chi connectivity index (χ4v) is 5.51. The molecule has 2 fully saturated rings. The average molecular weight is 502 g/mol. The summed E-state index contributed by atoms with van der Waals surface area (Å²) >= 11 is 0. The zero-order chi connectivity index (χ0) is 25.5. The first-order valence-corrected chi connectivity index (χ1v) is 13.6. The Morgan fingerprint density at radius 1 is 1.05 bits per heavy atom. The van der Waals surface area contributed by atoms with Gasteiger partial charge in [-0.1, -0.05) is 42.5 Å². The van der Waals surface area contributed by atoms with Gasteiger partial charge in [-0.15, -0.1) is 0 Å². The molecule has 0 bridgehead atoms. The van der Waals surface area contributed by atoms with E-state index in [1.165, 1.54) is 11.3 Å². The van der Waals surface area contributed by atoms with Crippen LogP contribution in [0, 0.1) is 0 Å². The van der Waals surface area contributed by atoms with Crippen molar-refractivity contribution in [1.82, 2.24) is 25.3 Å². The van der Waals surface area contributed by atoms with Crippen LogP contribution >= 0.6 is 0 Å². The van der Waals surface area contributed by atoms with Crippen LogP contribution in [0.4, 0.5) is 0 Å².